The first-order valence-corrected chi connectivity index (χ1v) is 9.49. The van der Waals surface area contributed by atoms with Crippen molar-refractivity contribution in [3.63, 3.8) is 0 Å². The van der Waals surface area contributed by atoms with Crippen LogP contribution in [-0.4, -0.2) is 63.1 Å². The number of guanidine groups is 1. The van der Waals surface area contributed by atoms with Gasteiger partial charge in [0, 0.05) is 58.4 Å². The second-order valence-electron chi connectivity index (χ2n) is 6.60. The molecule has 0 saturated carbocycles. The number of nitrogens with zero attached hydrogens (tertiary/aromatic N) is 3. The molecule has 1 aromatic carbocycles. The number of carbonyl (C=O) groups excluding carboxylic acids is 1. The summed E-state index contributed by atoms with van der Waals surface area (Å²) in [7, 11) is 1.68. The molecule has 1 amide bonds. The lowest BCUT2D eigenvalue weighted by atomic mass is 10.1. The lowest BCUT2D eigenvalue weighted by Crippen LogP contribution is -2.53. The number of benzene rings is 1. The highest BCUT2D eigenvalue weighted by Crippen LogP contribution is 2.31. The number of aliphatic imine (C=N–C) groups is 1. The minimum atomic E-state index is -4.34. The molecule has 1 saturated heterocycles. The Kier molecular flexibility index (Phi) is 10.5. The second-order valence-corrected chi connectivity index (χ2v) is 6.60. The number of halogens is 4. The molecule has 0 atom stereocenters. The van der Waals surface area contributed by atoms with E-state index in [9.17, 15) is 18.0 Å². The van der Waals surface area contributed by atoms with Gasteiger partial charge < -0.3 is 20.4 Å². The Morgan fingerprint density at radius 3 is 2.41 bits per heavy atom. The van der Waals surface area contributed by atoms with E-state index < -0.39 is 11.7 Å². The van der Waals surface area contributed by atoms with Gasteiger partial charge >= 0.3 is 6.18 Å². The van der Waals surface area contributed by atoms with Crippen LogP contribution in [0.2, 0.25) is 0 Å². The summed E-state index contributed by atoms with van der Waals surface area (Å²) in [5.74, 6) is 0.700. The Balaban J connectivity index is 0.00000420. The number of alkyl halides is 3. The third-order valence-corrected chi connectivity index (χ3v) is 4.54. The monoisotopic (exact) mass is 527 g/mol. The largest absolute Gasteiger partial charge is 0.416 e. The van der Waals surface area contributed by atoms with E-state index in [4.69, 9.17) is 0 Å². The number of amides is 1. The van der Waals surface area contributed by atoms with Crippen molar-refractivity contribution >= 4 is 41.5 Å². The van der Waals surface area contributed by atoms with Crippen molar-refractivity contribution in [3.05, 3.63) is 29.8 Å². The van der Waals surface area contributed by atoms with Gasteiger partial charge in [-0.3, -0.25) is 9.79 Å². The fourth-order valence-corrected chi connectivity index (χ4v) is 3.03. The minimum Gasteiger partial charge on any atom is -0.368 e. The van der Waals surface area contributed by atoms with Gasteiger partial charge in [0.05, 0.1) is 5.56 Å². The van der Waals surface area contributed by atoms with E-state index in [-0.39, 0.29) is 29.9 Å². The van der Waals surface area contributed by atoms with Crippen LogP contribution < -0.4 is 15.5 Å². The maximum Gasteiger partial charge on any atom is 0.416 e. The second kappa shape index (κ2) is 12.1. The number of anilines is 1. The molecule has 0 aliphatic carbocycles. The van der Waals surface area contributed by atoms with E-state index in [1.165, 1.54) is 12.1 Å². The van der Waals surface area contributed by atoms with Crippen molar-refractivity contribution in [1.29, 1.82) is 0 Å². The molecule has 0 unspecified atom stereocenters. The number of piperazine rings is 1. The van der Waals surface area contributed by atoms with Crippen molar-refractivity contribution in [1.82, 2.24) is 15.5 Å². The van der Waals surface area contributed by atoms with Crippen LogP contribution in [0.1, 0.15) is 25.3 Å². The number of nitrogens with one attached hydrogen (secondary N) is 2. The molecule has 2 rings (SSSR count). The fraction of sp³-hybridized carbons (Fsp3) is 0.579. The Morgan fingerprint density at radius 2 is 1.83 bits per heavy atom. The molecule has 0 spiro atoms. The third kappa shape index (κ3) is 7.90. The standard InChI is InChI=1S/C19H28F3N5O.HI/c1-3-8-24-17(28)7-9-25-18(23-2)27-12-10-26(11-13-27)16-6-4-5-15(14-16)19(20,21)22;/h4-6,14H,3,7-13H2,1-2H3,(H,23,25)(H,24,28);1H. The molecular weight excluding hydrogens is 498 g/mol. The van der Waals surface area contributed by atoms with Crippen molar-refractivity contribution in [3.8, 4) is 0 Å². The third-order valence-electron chi connectivity index (χ3n) is 4.54. The molecule has 1 aliphatic rings. The van der Waals surface area contributed by atoms with Gasteiger partial charge in [0.2, 0.25) is 5.91 Å². The molecule has 6 nitrogen and oxygen atoms in total. The van der Waals surface area contributed by atoms with Crippen LogP contribution in [0.15, 0.2) is 29.3 Å². The van der Waals surface area contributed by atoms with E-state index in [1.54, 1.807) is 13.1 Å². The van der Waals surface area contributed by atoms with E-state index >= 15 is 0 Å². The van der Waals surface area contributed by atoms with Crippen LogP contribution >= 0.6 is 24.0 Å². The van der Waals surface area contributed by atoms with Gasteiger partial charge in [-0.05, 0) is 24.6 Å². The smallest absolute Gasteiger partial charge is 0.368 e. The summed E-state index contributed by atoms with van der Waals surface area (Å²) < 4.78 is 38.7. The molecule has 1 fully saturated rings. The summed E-state index contributed by atoms with van der Waals surface area (Å²) in [5, 5.41) is 6.00. The molecular formula is C19H29F3IN5O. The maximum absolute atomic E-state index is 12.9. The minimum absolute atomic E-state index is 0. The summed E-state index contributed by atoms with van der Waals surface area (Å²) in [6, 6.07) is 5.42. The summed E-state index contributed by atoms with van der Waals surface area (Å²) in [6.07, 6.45) is -3.08. The highest BCUT2D eigenvalue weighted by Gasteiger charge is 2.31. The van der Waals surface area contributed by atoms with Gasteiger partial charge in [-0.15, -0.1) is 24.0 Å². The van der Waals surface area contributed by atoms with Gasteiger partial charge in [0.1, 0.15) is 0 Å². The molecule has 164 valence electrons. The Bertz CT molecular complexity index is 676. The molecule has 2 N–H and O–H groups in total. The average Bonchev–Trinajstić information content (AvgIpc) is 2.69. The lowest BCUT2D eigenvalue weighted by Gasteiger charge is -2.37. The van der Waals surface area contributed by atoms with E-state index in [0.717, 1.165) is 12.5 Å². The number of rotatable bonds is 6. The molecule has 29 heavy (non-hydrogen) atoms. The Labute approximate surface area is 186 Å². The summed E-state index contributed by atoms with van der Waals surface area (Å²) in [5.41, 5.74) is -0.0590. The Morgan fingerprint density at radius 1 is 1.14 bits per heavy atom. The molecule has 1 heterocycles. The fourth-order valence-electron chi connectivity index (χ4n) is 3.03. The van der Waals surface area contributed by atoms with Crippen LogP contribution in [0.25, 0.3) is 0 Å². The molecule has 0 aromatic heterocycles. The first-order chi connectivity index (χ1) is 13.3. The normalized spacial score (nSPS) is 15.0. The van der Waals surface area contributed by atoms with Crippen LogP contribution in [0.4, 0.5) is 18.9 Å². The first-order valence-electron chi connectivity index (χ1n) is 9.49. The van der Waals surface area contributed by atoms with Crippen molar-refractivity contribution < 1.29 is 18.0 Å². The first kappa shape index (κ1) is 25.3. The molecule has 0 bridgehead atoms. The van der Waals surface area contributed by atoms with Gasteiger partial charge in [-0.1, -0.05) is 13.0 Å². The predicted octanol–water partition coefficient (Wildman–Crippen LogP) is 2.94. The van der Waals surface area contributed by atoms with Gasteiger partial charge in [0.25, 0.3) is 0 Å². The highest BCUT2D eigenvalue weighted by atomic mass is 127. The zero-order valence-corrected chi connectivity index (χ0v) is 19.1. The quantitative estimate of drug-likeness (QED) is 0.340. The van der Waals surface area contributed by atoms with E-state index in [1.807, 2.05) is 16.7 Å². The summed E-state index contributed by atoms with van der Waals surface area (Å²) in [4.78, 5) is 19.9. The van der Waals surface area contributed by atoms with Crippen molar-refractivity contribution in [2.75, 3.05) is 51.2 Å². The van der Waals surface area contributed by atoms with Crippen LogP contribution in [0.5, 0.6) is 0 Å². The number of hydrogen-bond acceptors (Lipinski definition) is 3. The van der Waals surface area contributed by atoms with Crippen LogP contribution in [0.3, 0.4) is 0 Å². The average molecular weight is 527 g/mol. The highest BCUT2D eigenvalue weighted by molar-refractivity contribution is 14.0. The summed E-state index contributed by atoms with van der Waals surface area (Å²) >= 11 is 0. The Hall–Kier alpha value is -1.72. The number of carbonyl (C=O) groups is 1. The van der Waals surface area contributed by atoms with E-state index in [0.29, 0.717) is 57.3 Å². The van der Waals surface area contributed by atoms with E-state index in [2.05, 4.69) is 15.6 Å². The zero-order valence-electron chi connectivity index (χ0n) is 16.8. The maximum atomic E-state index is 12.9. The molecule has 1 aliphatic heterocycles. The van der Waals surface area contributed by atoms with Crippen molar-refractivity contribution in [2.24, 2.45) is 4.99 Å². The lowest BCUT2D eigenvalue weighted by molar-refractivity contribution is -0.137. The molecule has 0 radical (unpaired) electrons. The molecule has 10 heteroatoms. The summed E-state index contributed by atoms with van der Waals surface area (Å²) in [6.45, 7) is 5.62. The zero-order chi connectivity index (χ0) is 20.6. The van der Waals surface area contributed by atoms with Crippen molar-refractivity contribution in [2.45, 2.75) is 25.9 Å². The van der Waals surface area contributed by atoms with Crippen LogP contribution in [0, 0.1) is 0 Å². The SMILES string of the molecule is CCCNC(=O)CCNC(=NC)N1CCN(c2cccc(C(F)(F)F)c2)CC1.I. The van der Waals surface area contributed by atoms with Gasteiger partial charge in [-0.25, -0.2) is 0 Å². The van der Waals surface area contributed by atoms with Crippen LogP contribution in [-0.2, 0) is 11.0 Å². The van der Waals surface area contributed by atoms with Gasteiger partial charge in [-0.2, -0.15) is 13.2 Å². The number of hydrogen-bond donors (Lipinski definition) is 2. The van der Waals surface area contributed by atoms with Gasteiger partial charge in [0.15, 0.2) is 5.96 Å². The predicted molar refractivity (Wildman–Crippen MR) is 120 cm³/mol. The molecule has 1 aromatic rings. The topological polar surface area (TPSA) is 60.0 Å².